The van der Waals surface area contributed by atoms with Gasteiger partial charge in [-0.1, -0.05) is 6.42 Å². The van der Waals surface area contributed by atoms with Crippen LogP contribution in [0.2, 0.25) is 0 Å². The van der Waals surface area contributed by atoms with Gasteiger partial charge in [-0.05, 0) is 33.4 Å². The average molecular weight is 267 g/mol. The Morgan fingerprint density at radius 1 is 1.21 bits per heavy atom. The molecule has 19 heavy (non-hydrogen) atoms. The zero-order chi connectivity index (χ0) is 13.2. The summed E-state index contributed by atoms with van der Waals surface area (Å²) in [5, 5.41) is 3.41. The predicted molar refractivity (Wildman–Crippen MR) is 77.4 cm³/mol. The van der Waals surface area contributed by atoms with Gasteiger partial charge in [0.1, 0.15) is 0 Å². The lowest BCUT2D eigenvalue weighted by atomic mass is 9.95. The van der Waals surface area contributed by atoms with Crippen LogP contribution >= 0.6 is 0 Å². The number of rotatable bonds is 3. The minimum absolute atomic E-state index is 0.552. The maximum absolute atomic E-state index is 5.64. The van der Waals surface area contributed by atoms with E-state index in [0.29, 0.717) is 18.0 Å². The lowest BCUT2D eigenvalue weighted by molar-refractivity contribution is 0.00583. The SMILES string of the molecule is CNC1COCC1CN1CC2CCCCN2CC1C. The van der Waals surface area contributed by atoms with Gasteiger partial charge in [-0.2, -0.15) is 0 Å². The van der Waals surface area contributed by atoms with Gasteiger partial charge in [-0.3, -0.25) is 9.80 Å². The van der Waals surface area contributed by atoms with Crippen molar-refractivity contribution in [2.24, 2.45) is 5.92 Å². The van der Waals surface area contributed by atoms with Gasteiger partial charge < -0.3 is 10.1 Å². The van der Waals surface area contributed by atoms with E-state index < -0.39 is 0 Å². The van der Waals surface area contributed by atoms with Gasteiger partial charge in [0.2, 0.25) is 0 Å². The molecule has 3 aliphatic heterocycles. The monoisotopic (exact) mass is 267 g/mol. The lowest BCUT2D eigenvalue weighted by Crippen LogP contribution is -2.60. The highest BCUT2D eigenvalue weighted by molar-refractivity contribution is 4.92. The van der Waals surface area contributed by atoms with Gasteiger partial charge >= 0.3 is 0 Å². The Labute approximate surface area is 117 Å². The van der Waals surface area contributed by atoms with Crippen molar-refractivity contribution in [3.63, 3.8) is 0 Å². The second-order valence-corrected chi connectivity index (χ2v) is 6.64. The van der Waals surface area contributed by atoms with Gasteiger partial charge in [0, 0.05) is 43.7 Å². The van der Waals surface area contributed by atoms with Crippen molar-refractivity contribution in [1.82, 2.24) is 15.1 Å². The number of piperazine rings is 1. The molecule has 0 amide bonds. The van der Waals surface area contributed by atoms with Crippen LogP contribution in [0.25, 0.3) is 0 Å². The first-order valence-corrected chi connectivity index (χ1v) is 8.01. The standard InChI is InChI=1S/C15H29N3O/c1-12-7-17-6-4-3-5-14(17)9-18(12)8-13-10-19-11-15(13)16-2/h12-16H,3-11H2,1-2H3. The van der Waals surface area contributed by atoms with Crippen molar-refractivity contribution in [2.75, 3.05) is 46.4 Å². The van der Waals surface area contributed by atoms with Crippen LogP contribution in [0, 0.1) is 5.92 Å². The summed E-state index contributed by atoms with van der Waals surface area (Å²) >= 11 is 0. The van der Waals surface area contributed by atoms with Gasteiger partial charge in [0.25, 0.3) is 0 Å². The first-order chi connectivity index (χ1) is 9.28. The molecular weight excluding hydrogens is 238 g/mol. The fourth-order valence-corrected chi connectivity index (χ4v) is 4.07. The number of hydrogen-bond acceptors (Lipinski definition) is 4. The van der Waals surface area contributed by atoms with Crippen LogP contribution in [-0.2, 0) is 4.74 Å². The summed E-state index contributed by atoms with van der Waals surface area (Å²) in [6.07, 6.45) is 4.23. The van der Waals surface area contributed by atoms with Crippen LogP contribution in [0.3, 0.4) is 0 Å². The Morgan fingerprint density at radius 3 is 2.95 bits per heavy atom. The number of fused-ring (bicyclic) bond motifs is 1. The van der Waals surface area contributed by atoms with Crippen molar-refractivity contribution in [3.8, 4) is 0 Å². The fraction of sp³-hybridized carbons (Fsp3) is 1.00. The molecule has 0 radical (unpaired) electrons. The topological polar surface area (TPSA) is 27.7 Å². The summed E-state index contributed by atoms with van der Waals surface area (Å²) in [6, 6.07) is 2.07. The second kappa shape index (κ2) is 6.08. The molecule has 1 N–H and O–H groups in total. The Bertz CT molecular complexity index is 299. The molecule has 110 valence electrons. The van der Waals surface area contributed by atoms with E-state index in [4.69, 9.17) is 4.74 Å². The first kappa shape index (κ1) is 13.8. The second-order valence-electron chi connectivity index (χ2n) is 6.64. The summed E-state index contributed by atoms with van der Waals surface area (Å²) in [6.45, 7) is 9.29. The molecule has 3 fully saturated rings. The number of nitrogens with one attached hydrogen (secondary N) is 1. The highest BCUT2D eigenvalue weighted by atomic mass is 16.5. The fourth-order valence-electron chi connectivity index (χ4n) is 4.07. The van der Waals surface area contributed by atoms with Crippen LogP contribution in [0.4, 0.5) is 0 Å². The first-order valence-electron chi connectivity index (χ1n) is 8.01. The number of hydrogen-bond donors (Lipinski definition) is 1. The largest absolute Gasteiger partial charge is 0.379 e. The van der Waals surface area contributed by atoms with Gasteiger partial charge in [-0.25, -0.2) is 0 Å². The van der Waals surface area contributed by atoms with Crippen molar-refractivity contribution in [1.29, 1.82) is 0 Å². The minimum Gasteiger partial charge on any atom is -0.379 e. The van der Waals surface area contributed by atoms with E-state index in [1.54, 1.807) is 0 Å². The third kappa shape index (κ3) is 2.97. The number of ether oxygens (including phenoxy) is 1. The molecule has 3 heterocycles. The van der Waals surface area contributed by atoms with Crippen LogP contribution in [0.1, 0.15) is 26.2 Å². The van der Waals surface area contributed by atoms with Crippen molar-refractivity contribution < 1.29 is 4.74 Å². The third-order valence-electron chi connectivity index (χ3n) is 5.35. The number of likely N-dealkylation sites (N-methyl/N-ethyl adjacent to an activating group) is 1. The van der Waals surface area contributed by atoms with Gasteiger partial charge in [0.05, 0.1) is 13.2 Å². The van der Waals surface area contributed by atoms with Crippen molar-refractivity contribution in [3.05, 3.63) is 0 Å². The van der Waals surface area contributed by atoms with E-state index >= 15 is 0 Å². The zero-order valence-corrected chi connectivity index (χ0v) is 12.5. The molecule has 0 saturated carbocycles. The molecule has 4 heteroatoms. The molecule has 4 unspecified atom stereocenters. The Morgan fingerprint density at radius 2 is 2.11 bits per heavy atom. The molecule has 4 atom stereocenters. The van der Waals surface area contributed by atoms with Crippen LogP contribution in [0.5, 0.6) is 0 Å². The van der Waals surface area contributed by atoms with E-state index in [2.05, 4.69) is 29.1 Å². The normalized spacial score (nSPS) is 41.4. The summed E-state index contributed by atoms with van der Waals surface area (Å²) in [5.74, 6) is 0.669. The quantitative estimate of drug-likeness (QED) is 0.818. The average Bonchev–Trinajstić information content (AvgIpc) is 2.87. The molecule has 3 rings (SSSR count). The van der Waals surface area contributed by atoms with Crippen molar-refractivity contribution in [2.45, 2.75) is 44.3 Å². The lowest BCUT2D eigenvalue weighted by Gasteiger charge is -2.48. The van der Waals surface area contributed by atoms with E-state index in [9.17, 15) is 0 Å². The highest BCUT2D eigenvalue weighted by Gasteiger charge is 2.36. The highest BCUT2D eigenvalue weighted by Crippen LogP contribution is 2.26. The van der Waals surface area contributed by atoms with E-state index in [-0.39, 0.29) is 0 Å². The molecule has 0 aliphatic carbocycles. The zero-order valence-electron chi connectivity index (χ0n) is 12.5. The Kier molecular flexibility index (Phi) is 4.42. The molecule has 0 aromatic heterocycles. The molecule has 3 saturated heterocycles. The molecule has 0 bridgehead atoms. The van der Waals surface area contributed by atoms with E-state index in [0.717, 1.165) is 19.3 Å². The predicted octanol–water partition coefficient (Wildman–Crippen LogP) is 0.779. The van der Waals surface area contributed by atoms with Crippen LogP contribution in [-0.4, -0.2) is 74.4 Å². The summed E-state index contributed by atoms with van der Waals surface area (Å²) < 4.78 is 5.64. The summed E-state index contributed by atoms with van der Waals surface area (Å²) in [4.78, 5) is 5.45. The molecule has 0 spiro atoms. The Balaban J connectivity index is 1.58. The van der Waals surface area contributed by atoms with Gasteiger partial charge in [-0.15, -0.1) is 0 Å². The third-order valence-corrected chi connectivity index (χ3v) is 5.35. The Hall–Kier alpha value is -0.160. The minimum atomic E-state index is 0.552. The number of nitrogens with zero attached hydrogens (tertiary/aromatic N) is 2. The molecule has 0 aromatic carbocycles. The maximum Gasteiger partial charge on any atom is 0.0623 e. The van der Waals surface area contributed by atoms with Gasteiger partial charge in [0.15, 0.2) is 0 Å². The van der Waals surface area contributed by atoms with Crippen LogP contribution in [0.15, 0.2) is 0 Å². The van der Waals surface area contributed by atoms with E-state index in [1.165, 1.54) is 45.4 Å². The van der Waals surface area contributed by atoms with E-state index in [1.807, 2.05) is 0 Å². The van der Waals surface area contributed by atoms with Crippen LogP contribution < -0.4 is 5.32 Å². The maximum atomic E-state index is 5.64. The summed E-state index contributed by atoms with van der Waals surface area (Å²) in [5.41, 5.74) is 0. The molecular formula is C15H29N3O. The number of piperidine rings is 1. The molecule has 4 nitrogen and oxygen atoms in total. The van der Waals surface area contributed by atoms with Crippen molar-refractivity contribution >= 4 is 0 Å². The smallest absolute Gasteiger partial charge is 0.0623 e. The summed E-state index contributed by atoms with van der Waals surface area (Å²) in [7, 11) is 2.06. The molecule has 0 aromatic rings. The molecule has 3 aliphatic rings.